The molecule has 0 aliphatic carbocycles. The molecule has 0 saturated carbocycles. The molecule has 6 rings (SSSR count). The first kappa shape index (κ1) is 22.1. The molecule has 1 fully saturated rings. The van der Waals surface area contributed by atoms with Crippen LogP contribution in [0.5, 0.6) is 0 Å². The van der Waals surface area contributed by atoms with Crippen molar-refractivity contribution in [2.24, 2.45) is 0 Å². The van der Waals surface area contributed by atoms with Gasteiger partial charge in [-0.3, -0.25) is 14.2 Å². The van der Waals surface area contributed by atoms with Gasteiger partial charge in [0.05, 0.1) is 16.9 Å². The Morgan fingerprint density at radius 1 is 1.14 bits per heavy atom. The summed E-state index contributed by atoms with van der Waals surface area (Å²) >= 11 is 0. The average Bonchev–Trinajstić information content (AvgIpc) is 3.55. The van der Waals surface area contributed by atoms with Crippen LogP contribution < -0.4 is 16.4 Å². The average molecular weight is 482 g/mol. The van der Waals surface area contributed by atoms with Crippen molar-refractivity contribution in [3.05, 3.63) is 78.0 Å². The van der Waals surface area contributed by atoms with Crippen LogP contribution in [0.4, 0.5) is 10.2 Å². The molecule has 36 heavy (non-hydrogen) atoms. The first-order valence-corrected chi connectivity index (χ1v) is 11.8. The molecule has 180 valence electrons. The summed E-state index contributed by atoms with van der Waals surface area (Å²) < 4.78 is 15.5. The van der Waals surface area contributed by atoms with Gasteiger partial charge in [0.2, 0.25) is 0 Å². The molecule has 4 N–H and O–H groups in total. The Labute approximate surface area is 206 Å². The lowest BCUT2D eigenvalue weighted by molar-refractivity contribution is 0.0935. The quantitative estimate of drug-likeness (QED) is 0.361. The van der Waals surface area contributed by atoms with Gasteiger partial charge in [-0.15, -0.1) is 0 Å². The molecule has 8 nitrogen and oxygen atoms in total. The van der Waals surface area contributed by atoms with Crippen molar-refractivity contribution < 1.29 is 9.18 Å². The fourth-order valence-corrected chi connectivity index (χ4v) is 4.73. The lowest BCUT2D eigenvalue weighted by Gasteiger charge is -2.14. The number of imidazole rings is 1. The van der Waals surface area contributed by atoms with Crippen LogP contribution in [0.25, 0.3) is 39.1 Å². The van der Waals surface area contributed by atoms with Gasteiger partial charge in [0.1, 0.15) is 11.5 Å². The Balaban J connectivity index is 1.58. The predicted molar refractivity (Wildman–Crippen MR) is 137 cm³/mol. The third-order valence-electron chi connectivity index (χ3n) is 6.61. The molecule has 1 amide bonds. The van der Waals surface area contributed by atoms with Gasteiger partial charge in [-0.2, -0.15) is 0 Å². The molecule has 2 aromatic carbocycles. The second-order valence-electron chi connectivity index (χ2n) is 9.04. The number of aryl methyl sites for hydroxylation is 1. The maximum Gasteiger partial charge on any atom is 0.271 e. The van der Waals surface area contributed by atoms with Crippen LogP contribution in [-0.4, -0.2) is 44.4 Å². The number of carbonyl (C=O) groups is 1. The van der Waals surface area contributed by atoms with Crippen LogP contribution in [0.3, 0.4) is 0 Å². The van der Waals surface area contributed by atoms with Crippen LogP contribution in [0, 0.1) is 12.7 Å². The Morgan fingerprint density at radius 3 is 2.72 bits per heavy atom. The van der Waals surface area contributed by atoms with Crippen LogP contribution in [0.1, 0.15) is 22.5 Å². The van der Waals surface area contributed by atoms with Crippen molar-refractivity contribution in [1.82, 2.24) is 30.0 Å². The lowest BCUT2D eigenvalue weighted by Crippen LogP contribution is -2.36. The van der Waals surface area contributed by atoms with Crippen molar-refractivity contribution >= 4 is 28.3 Å². The van der Waals surface area contributed by atoms with E-state index in [1.807, 2.05) is 31.2 Å². The number of halogens is 1. The number of nitrogens with zero attached hydrogens (tertiary/aromatic N) is 4. The second kappa shape index (κ2) is 8.69. The van der Waals surface area contributed by atoms with E-state index >= 15 is 0 Å². The molecule has 5 aromatic rings. The van der Waals surface area contributed by atoms with E-state index < -0.39 is 0 Å². The molecular weight excluding hydrogens is 457 g/mol. The van der Waals surface area contributed by atoms with Gasteiger partial charge in [-0.1, -0.05) is 6.07 Å². The summed E-state index contributed by atoms with van der Waals surface area (Å²) in [5, 5.41) is 7.27. The largest absolute Gasteiger partial charge is 0.381 e. The summed E-state index contributed by atoms with van der Waals surface area (Å²) in [5.74, 6) is -0.428. The van der Waals surface area contributed by atoms with Gasteiger partial charge in [0.15, 0.2) is 11.5 Å². The third-order valence-corrected chi connectivity index (χ3v) is 6.61. The number of amides is 1. The zero-order valence-corrected chi connectivity index (χ0v) is 19.6. The van der Waals surface area contributed by atoms with E-state index in [4.69, 9.17) is 5.73 Å². The molecule has 4 heterocycles. The number of pyridine rings is 1. The van der Waals surface area contributed by atoms with Crippen molar-refractivity contribution in [2.45, 2.75) is 19.4 Å². The highest BCUT2D eigenvalue weighted by Crippen LogP contribution is 2.35. The SMILES string of the molecule is Cc1ccnc2ccc(-c3c(-c4ccc(F)cc4)nc(N)c4nc(C(=O)NC5CCNC5)cn34)cc12. The number of hydrogen-bond donors (Lipinski definition) is 3. The highest BCUT2D eigenvalue weighted by atomic mass is 19.1. The van der Waals surface area contributed by atoms with Crippen molar-refractivity contribution in [3.63, 3.8) is 0 Å². The minimum absolute atomic E-state index is 0.0583. The molecule has 1 unspecified atom stereocenters. The molecular formula is C27H24FN7O. The number of anilines is 1. The van der Waals surface area contributed by atoms with E-state index in [0.29, 0.717) is 22.6 Å². The van der Waals surface area contributed by atoms with Crippen LogP contribution >= 0.6 is 0 Å². The number of rotatable bonds is 4. The minimum atomic E-state index is -0.343. The predicted octanol–water partition coefficient (Wildman–Crippen LogP) is 3.73. The molecule has 1 aliphatic heterocycles. The third kappa shape index (κ3) is 3.83. The van der Waals surface area contributed by atoms with Crippen molar-refractivity contribution in [3.8, 4) is 22.5 Å². The fraction of sp³-hybridized carbons (Fsp3) is 0.185. The van der Waals surface area contributed by atoms with Crippen molar-refractivity contribution in [2.75, 3.05) is 18.8 Å². The highest BCUT2D eigenvalue weighted by Gasteiger charge is 2.23. The van der Waals surface area contributed by atoms with Gasteiger partial charge < -0.3 is 16.4 Å². The normalized spacial score (nSPS) is 15.6. The van der Waals surface area contributed by atoms with Gasteiger partial charge >= 0.3 is 0 Å². The van der Waals surface area contributed by atoms with E-state index in [-0.39, 0.29) is 29.3 Å². The van der Waals surface area contributed by atoms with Gasteiger partial charge in [-0.25, -0.2) is 14.4 Å². The fourth-order valence-electron chi connectivity index (χ4n) is 4.73. The molecule has 0 radical (unpaired) electrons. The Hall–Kier alpha value is -4.37. The van der Waals surface area contributed by atoms with E-state index in [9.17, 15) is 9.18 Å². The minimum Gasteiger partial charge on any atom is -0.381 e. The summed E-state index contributed by atoms with van der Waals surface area (Å²) in [6.45, 7) is 3.63. The second-order valence-corrected chi connectivity index (χ2v) is 9.04. The zero-order valence-electron chi connectivity index (χ0n) is 19.6. The molecule has 0 spiro atoms. The number of nitrogens with one attached hydrogen (secondary N) is 2. The highest BCUT2D eigenvalue weighted by molar-refractivity contribution is 5.95. The molecule has 1 aliphatic rings. The van der Waals surface area contributed by atoms with E-state index in [2.05, 4.69) is 25.6 Å². The summed E-state index contributed by atoms with van der Waals surface area (Å²) in [6, 6.07) is 14.1. The standard InChI is InChI=1S/C27H24FN7O/c1-15-8-11-31-21-7-4-17(12-20(15)21)24-23(16-2-5-18(28)6-3-16)34-25(29)26-33-22(14-35(24)26)27(36)32-19-9-10-30-13-19/h2-8,11-12,14,19,30H,9-10,13H2,1H3,(H2,29,34)(H,32,36). The zero-order chi connectivity index (χ0) is 24.8. The van der Waals surface area contributed by atoms with Crippen LogP contribution in [0.15, 0.2) is 60.9 Å². The number of carbonyl (C=O) groups excluding carboxylic acids is 1. The lowest BCUT2D eigenvalue weighted by atomic mass is 10.0. The summed E-state index contributed by atoms with van der Waals surface area (Å²) in [6.07, 6.45) is 4.34. The maximum atomic E-state index is 13.7. The number of aromatic nitrogens is 4. The van der Waals surface area contributed by atoms with E-state index in [0.717, 1.165) is 41.5 Å². The van der Waals surface area contributed by atoms with Gasteiger partial charge in [-0.05, 0) is 67.9 Å². The monoisotopic (exact) mass is 481 g/mol. The summed E-state index contributed by atoms with van der Waals surface area (Å²) in [7, 11) is 0. The van der Waals surface area contributed by atoms with Crippen LogP contribution in [-0.2, 0) is 0 Å². The number of nitrogen functional groups attached to an aromatic ring is 1. The first-order valence-electron chi connectivity index (χ1n) is 11.8. The number of benzene rings is 2. The maximum absolute atomic E-state index is 13.7. The van der Waals surface area contributed by atoms with E-state index in [1.165, 1.54) is 12.1 Å². The molecule has 3 aromatic heterocycles. The molecule has 9 heteroatoms. The topological polar surface area (TPSA) is 110 Å². The Kier molecular flexibility index (Phi) is 5.34. The summed E-state index contributed by atoms with van der Waals surface area (Å²) in [5.41, 5.74) is 11.7. The van der Waals surface area contributed by atoms with Gasteiger partial charge in [0.25, 0.3) is 5.91 Å². The van der Waals surface area contributed by atoms with Gasteiger partial charge in [0, 0.05) is 41.5 Å². The number of hydrogen-bond acceptors (Lipinski definition) is 6. The smallest absolute Gasteiger partial charge is 0.271 e. The Bertz CT molecular complexity index is 1620. The van der Waals surface area contributed by atoms with Crippen molar-refractivity contribution in [1.29, 1.82) is 0 Å². The Morgan fingerprint density at radius 2 is 1.94 bits per heavy atom. The molecule has 1 saturated heterocycles. The number of nitrogens with two attached hydrogens (primary N) is 1. The first-order chi connectivity index (χ1) is 17.5. The van der Waals surface area contributed by atoms with E-state index in [1.54, 1.807) is 28.9 Å². The van der Waals surface area contributed by atoms with Crippen LogP contribution in [0.2, 0.25) is 0 Å². The summed E-state index contributed by atoms with van der Waals surface area (Å²) in [4.78, 5) is 26.7. The molecule has 0 bridgehead atoms. The number of fused-ring (bicyclic) bond motifs is 2. The molecule has 1 atom stereocenters.